The number of unbranched alkanes of at least 4 members (excludes halogenated alkanes) is 5. The van der Waals surface area contributed by atoms with Crippen molar-refractivity contribution in [3.05, 3.63) is 36.6 Å². The first-order chi connectivity index (χ1) is 9.55. The number of rotatable bonds is 9. The lowest BCUT2D eigenvalue weighted by atomic mass is 10.1. The van der Waals surface area contributed by atoms with Crippen molar-refractivity contribution in [3.8, 4) is 5.75 Å². The largest absolute Gasteiger partial charge is 0.464 e. The minimum absolute atomic E-state index is 0.136. The Morgan fingerprint density at radius 1 is 1.15 bits per heavy atom. The molecule has 1 aromatic carbocycles. The van der Waals surface area contributed by atoms with E-state index >= 15 is 0 Å². The minimum atomic E-state index is -4.25. The molecule has 0 atom stereocenters. The van der Waals surface area contributed by atoms with Crippen molar-refractivity contribution in [2.45, 2.75) is 50.3 Å². The molecule has 20 heavy (non-hydrogen) atoms. The van der Waals surface area contributed by atoms with Crippen LogP contribution in [0.15, 0.2) is 41.5 Å². The third kappa shape index (κ3) is 6.21. The lowest BCUT2D eigenvalue weighted by Gasteiger charge is -2.05. The van der Waals surface area contributed by atoms with Crippen LogP contribution in [-0.2, 0) is 10.1 Å². The van der Waals surface area contributed by atoms with Crippen molar-refractivity contribution in [2.24, 2.45) is 0 Å². The van der Waals surface area contributed by atoms with Crippen LogP contribution in [-0.4, -0.2) is 13.0 Å². The summed E-state index contributed by atoms with van der Waals surface area (Å²) in [6, 6.07) is 6.01. The molecule has 0 aliphatic rings. The standard InChI is InChI=1S/C15H22O4S/c1-2-3-4-5-6-7-10-13-19-14-11-8-9-12-15(14)20(16,17)18/h8-13H,2-7H2,1H3,(H,16,17,18). The van der Waals surface area contributed by atoms with Crippen LogP contribution >= 0.6 is 0 Å². The number of ether oxygens (including phenoxy) is 1. The second kappa shape index (κ2) is 8.76. The van der Waals surface area contributed by atoms with Crippen molar-refractivity contribution >= 4 is 10.1 Å². The summed E-state index contributed by atoms with van der Waals surface area (Å²) in [5.74, 6) is 0.136. The zero-order chi connectivity index (χ0) is 14.8. The molecule has 0 fully saturated rings. The summed E-state index contributed by atoms with van der Waals surface area (Å²) in [5.41, 5.74) is 0. The number of hydrogen-bond donors (Lipinski definition) is 1. The summed E-state index contributed by atoms with van der Waals surface area (Å²) in [5, 5.41) is 0. The summed E-state index contributed by atoms with van der Waals surface area (Å²) in [4.78, 5) is -0.215. The van der Waals surface area contributed by atoms with Crippen LogP contribution in [0, 0.1) is 0 Å². The van der Waals surface area contributed by atoms with E-state index in [1.807, 2.05) is 6.08 Å². The number of para-hydroxylation sites is 1. The topological polar surface area (TPSA) is 63.6 Å². The second-order valence-electron chi connectivity index (χ2n) is 4.61. The molecule has 1 N–H and O–H groups in total. The van der Waals surface area contributed by atoms with Crippen molar-refractivity contribution in [2.75, 3.05) is 0 Å². The van der Waals surface area contributed by atoms with Crippen LogP contribution in [0.4, 0.5) is 0 Å². The number of benzene rings is 1. The Morgan fingerprint density at radius 3 is 2.55 bits per heavy atom. The minimum Gasteiger partial charge on any atom is -0.464 e. The van der Waals surface area contributed by atoms with Crippen molar-refractivity contribution in [3.63, 3.8) is 0 Å². The van der Waals surface area contributed by atoms with E-state index < -0.39 is 10.1 Å². The maximum absolute atomic E-state index is 11.1. The van der Waals surface area contributed by atoms with Crippen LogP contribution in [0.5, 0.6) is 5.75 Å². The van der Waals surface area contributed by atoms with E-state index in [-0.39, 0.29) is 10.6 Å². The van der Waals surface area contributed by atoms with Crippen LogP contribution in [0.1, 0.15) is 45.4 Å². The SMILES string of the molecule is CCCCCCCC=COc1ccccc1S(=O)(=O)O. The molecule has 0 aliphatic heterocycles. The van der Waals surface area contributed by atoms with E-state index in [1.165, 1.54) is 50.1 Å². The molecule has 0 spiro atoms. The fraction of sp³-hybridized carbons (Fsp3) is 0.467. The smallest absolute Gasteiger partial charge is 0.298 e. The maximum atomic E-state index is 11.1. The third-order valence-electron chi connectivity index (χ3n) is 2.89. The van der Waals surface area contributed by atoms with Gasteiger partial charge in [-0.15, -0.1) is 0 Å². The van der Waals surface area contributed by atoms with Crippen LogP contribution in [0.2, 0.25) is 0 Å². The first-order valence-electron chi connectivity index (χ1n) is 6.94. The van der Waals surface area contributed by atoms with Gasteiger partial charge in [-0.05, 0) is 31.1 Å². The Bertz CT molecular complexity index is 520. The predicted molar refractivity (Wildman–Crippen MR) is 79.4 cm³/mol. The Balaban J connectivity index is 2.42. The quantitative estimate of drug-likeness (QED) is 0.422. The highest BCUT2D eigenvalue weighted by Gasteiger charge is 2.14. The summed E-state index contributed by atoms with van der Waals surface area (Å²) in [6.45, 7) is 2.18. The molecule has 0 saturated heterocycles. The summed E-state index contributed by atoms with van der Waals surface area (Å²) in [7, 11) is -4.25. The lowest BCUT2D eigenvalue weighted by molar-refractivity contribution is 0.447. The van der Waals surface area contributed by atoms with Gasteiger partial charge in [-0.1, -0.05) is 44.7 Å². The molecule has 0 bridgehead atoms. The zero-order valence-corrected chi connectivity index (χ0v) is 12.6. The van der Waals surface area contributed by atoms with Gasteiger partial charge >= 0.3 is 0 Å². The molecule has 4 nitrogen and oxygen atoms in total. The van der Waals surface area contributed by atoms with Crippen molar-refractivity contribution < 1.29 is 17.7 Å². The molecular weight excluding hydrogens is 276 g/mol. The molecule has 0 heterocycles. The number of hydrogen-bond acceptors (Lipinski definition) is 3. The summed E-state index contributed by atoms with van der Waals surface area (Å²) in [6.07, 6.45) is 10.3. The second-order valence-corrected chi connectivity index (χ2v) is 6.00. The third-order valence-corrected chi connectivity index (χ3v) is 3.79. The molecule has 0 radical (unpaired) electrons. The monoisotopic (exact) mass is 298 g/mol. The van der Waals surface area contributed by atoms with Gasteiger partial charge in [0.25, 0.3) is 10.1 Å². The summed E-state index contributed by atoms with van der Waals surface area (Å²) >= 11 is 0. The van der Waals surface area contributed by atoms with Crippen LogP contribution in [0.3, 0.4) is 0 Å². The zero-order valence-electron chi connectivity index (χ0n) is 11.8. The van der Waals surface area contributed by atoms with Gasteiger partial charge in [0.15, 0.2) is 0 Å². The molecule has 0 saturated carbocycles. The first kappa shape index (κ1) is 16.7. The first-order valence-corrected chi connectivity index (χ1v) is 8.38. The van der Waals surface area contributed by atoms with Gasteiger partial charge in [-0.3, -0.25) is 4.55 Å². The molecular formula is C15H22O4S. The molecule has 112 valence electrons. The van der Waals surface area contributed by atoms with E-state index in [0.29, 0.717) is 0 Å². The summed E-state index contributed by atoms with van der Waals surface area (Å²) < 4.78 is 36.6. The average molecular weight is 298 g/mol. The molecule has 0 aromatic heterocycles. The fourth-order valence-corrected chi connectivity index (χ4v) is 2.44. The van der Waals surface area contributed by atoms with Crippen LogP contribution in [0.25, 0.3) is 0 Å². The highest BCUT2D eigenvalue weighted by atomic mass is 32.2. The molecule has 0 aliphatic carbocycles. The van der Waals surface area contributed by atoms with Crippen molar-refractivity contribution in [1.29, 1.82) is 0 Å². The molecule has 0 amide bonds. The average Bonchev–Trinajstić information content (AvgIpc) is 2.41. The Labute approximate surface area is 121 Å². The normalized spacial score (nSPS) is 11.9. The Kier molecular flexibility index (Phi) is 7.33. The highest BCUT2D eigenvalue weighted by Crippen LogP contribution is 2.23. The lowest BCUT2D eigenvalue weighted by Crippen LogP contribution is -2.00. The van der Waals surface area contributed by atoms with Gasteiger partial charge < -0.3 is 4.74 Å². The van der Waals surface area contributed by atoms with Gasteiger partial charge in [0.05, 0.1) is 6.26 Å². The van der Waals surface area contributed by atoms with Crippen molar-refractivity contribution in [1.82, 2.24) is 0 Å². The van der Waals surface area contributed by atoms with Gasteiger partial charge in [0.2, 0.25) is 0 Å². The van der Waals surface area contributed by atoms with E-state index in [1.54, 1.807) is 6.07 Å². The van der Waals surface area contributed by atoms with Crippen LogP contribution < -0.4 is 4.74 Å². The predicted octanol–water partition coefficient (Wildman–Crippen LogP) is 4.19. The molecule has 0 unspecified atom stereocenters. The molecule has 1 aromatic rings. The number of allylic oxidation sites excluding steroid dienone is 1. The highest BCUT2D eigenvalue weighted by molar-refractivity contribution is 7.86. The fourth-order valence-electron chi connectivity index (χ4n) is 1.82. The van der Waals surface area contributed by atoms with Gasteiger partial charge in [0.1, 0.15) is 10.6 Å². The molecule has 5 heteroatoms. The van der Waals surface area contributed by atoms with Gasteiger partial charge in [-0.25, -0.2) is 0 Å². The van der Waals surface area contributed by atoms with Gasteiger partial charge in [0, 0.05) is 0 Å². The van der Waals surface area contributed by atoms with E-state index in [0.717, 1.165) is 12.8 Å². The Morgan fingerprint density at radius 2 is 1.85 bits per heavy atom. The Hall–Kier alpha value is -1.33. The maximum Gasteiger partial charge on any atom is 0.298 e. The molecule has 1 rings (SSSR count). The van der Waals surface area contributed by atoms with E-state index in [9.17, 15) is 8.42 Å². The van der Waals surface area contributed by atoms with Gasteiger partial charge in [-0.2, -0.15) is 8.42 Å². The van der Waals surface area contributed by atoms with E-state index in [2.05, 4.69) is 6.92 Å². The van der Waals surface area contributed by atoms with E-state index in [4.69, 9.17) is 9.29 Å².